The number of hydrogen-bond donors (Lipinski definition) is 0. The van der Waals surface area contributed by atoms with Crippen LogP contribution < -0.4 is 0 Å². The van der Waals surface area contributed by atoms with Gasteiger partial charge >= 0.3 is 6.18 Å². The molecule has 0 aliphatic carbocycles. The van der Waals surface area contributed by atoms with E-state index in [1.165, 1.54) is 51.6 Å². The molecule has 0 aliphatic heterocycles. The Morgan fingerprint density at radius 1 is 0.968 bits per heavy atom. The molecule has 0 atom stereocenters. The van der Waals surface area contributed by atoms with Crippen LogP contribution >= 0.6 is 22.7 Å². The fraction of sp³-hybridized carbons (Fsp3) is 0.190. The maximum atomic E-state index is 14.0. The van der Waals surface area contributed by atoms with Gasteiger partial charge in [-0.25, -0.2) is 13.1 Å². The van der Waals surface area contributed by atoms with Crippen LogP contribution in [0.5, 0.6) is 0 Å². The minimum Gasteiger partial charge on any atom is -0.224 e. The van der Waals surface area contributed by atoms with Crippen LogP contribution in [0, 0.1) is 13.8 Å². The molecule has 4 aromatic rings. The summed E-state index contributed by atoms with van der Waals surface area (Å²) >= 11 is 2.51. The molecule has 0 saturated heterocycles. The van der Waals surface area contributed by atoms with Gasteiger partial charge in [0.25, 0.3) is 0 Å². The van der Waals surface area contributed by atoms with Gasteiger partial charge in [-0.2, -0.15) is 18.3 Å². The Morgan fingerprint density at radius 3 is 2.06 bits per heavy atom. The summed E-state index contributed by atoms with van der Waals surface area (Å²) in [6.45, 7) is 3.68. The molecule has 162 valence electrons. The van der Waals surface area contributed by atoms with E-state index in [0.717, 1.165) is 17.4 Å². The minimum absolute atomic E-state index is 0.0104. The molecule has 0 radical (unpaired) electrons. The number of nitrogens with zero attached hydrogens (tertiary/aromatic N) is 2. The highest BCUT2D eigenvalue weighted by atomic mass is 32.2. The van der Waals surface area contributed by atoms with Crippen LogP contribution in [0.15, 0.2) is 52.1 Å². The van der Waals surface area contributed by atoms with Gasteiger partial charge in [-0.3, -0.25) is 0 Å². The number of alkyl halides is 3. The number of thiophene rings is 2. The number of sulfone groups is 1. The normalized spacial score (nSPS) is 12.5. The highest BCUT2D eigenvalue weighted by Gasteiger charge is 2.40. The zero-order valence-corrected chi connectivity index (χ0v) is 19.1. The van der Waals surface area contributed by atoms with E-state index in [4.69, 9.17) is 0 Å². The van der Waals surface area contributed by atoms with Gasteiger partial charge in [0.15, 0.2) is 15.5 Å². The SMILES string of the molecule is Cc1csc(-c2c(C(F)(F)F)nn(-c3cc(C)cs3)c2-c2ccc(S(C)(=O)=O)cc2)c1. The Bertz CT molecular complexity index is 1360. The monoisotopic (exact) mass is 482 g/mol. The van der Waals surface area contributed by atoms with Gasteiger partial charge in [0.2, 0.25) is 0 Å². The molecule has 0 unspecified atom stereocenters. The summed E-state index contributed by atoms with van der Waals surface area (Å²) < 4.78 is 67.1. The van der Waals surface area contributed by atoms with Gasteiger partial charge in [-0.15, -0.1) is 22.7 Å². The molecule has 4 rings (SSSR count). The predicted molar refractivity (Wildman–Crippen MR) is 118 cm³/mol. The summed E-state index contributed by atoms with van der Waals surface area (Å²) in [6, 6.07) is 9.32. The lowest BCUT2D eigenvalue weighted by molar-refractivity contribution is -0.140. The second-order valence-corrected chi connectivity index (χ2v) is 11.0. The van der Waals surface area contributed by atoms with Gasteiger partial charge in [-0.05, 0) is 60.0 Å². The molecular formula is C21H17F3N2O2S3. The van der Waals surface area contributed by atoms with Crippen molar-refractivity contribution in [2.45, 2.75) is 24.9 Å². The van der Waals surface area contributed by atoms with Crippen LogP contribution in [0.1, 0.15) is 16.8 Å². The van der Waals surface area contributed by atoms with E-state index < -0.39 is 21.7 Å². The Hall–Kier alpha value is -2.43. The summed E-state index contributed by atoms with van der Waals surface area (Å²) in [6.07, 6.45) is -3.57. The minimum atomic E-state index is -4.66. The largest absolute Gasteiger partial charge is 0.435 e. The van der Waals surface area contributed by atoms with E-state index in [2.05, 4.69) is 5.10 Å². The fourth-order valence-electron chi connectivity index (χ4n) is 3.23. The van der Waals surface area contributed by atoms with Crippen LogP contribution in [-0.2, 0) is 16.0 Å². The summed E-state index contributed by atoms with van der Waals surface area (Å²) in [5.41, 5.74) is 1.51. The second-order valence-electron chi connectivity index (χ2n) is 7.23. The van der Waals surface area contributed by atoms with E-state index in [1.54, 1.807) is 17.5 Å². The van der Waals surface area contributed by atoms with Gasteiger partial charge < -0.3 is 0 Å². The van der Waals surface area contributed by atoms with Crippen LogP contribution in [0.2, 0.25) is 0 Å². The molecule has 3 heterocycles. The third-order valence-electron chi connectivity index (χ3n) is 4.61. The zero-order valence-electron chi connectivity index (χ0n) is 16.7. The Labute approximate surface area is 185 Å². The zero-order chi connectivity index (χ0) is 22.6. The van der Waals surface area contributed by atoms with Crippen molar-refractivity contribution in [2.24, 2.45) is 0 Å². The summed E-state index contributed by atoms with van der Waals surface area (Å²) in [5, 5.41) is 8.17. The molecule has 0 N–H and O–H groups in total. The van der Waals surface area contributed by atoms with Crippen molar-refractivity contribution in [3.8, 4) is 26.7 Å². The van der Waals surface area contributed by atoms with Crippen molar-refractivity contribution in [3.63, 3.8) is 0 Å². The third-order valence-corrected chi connectivity index (χ3v) is 7.83. The topological polar surface area (TPSA) is 52.0 Å². The van der Waals surface area contributed by atoms with E-state index in [-0.39, 0.29) is 16.2 Å². The molecule has 0 fully saturated rings. The molecule has 0 amide bonds. The maximum Gasteiger partial charge on any atom is 0.435 e. The molecule has 0 spiro atoms. The smallest absolute Gasteiger partial charge is 0.224 e. The first-order chi connectivity index (χ1) is 14.4. The molecule has 0 aliphatic rings. The average molecular weight is 483 g/mol. The summed E-state index contributed by atoms with van der Waals surface area (Å²) in [5.74, 6) is 0. The van der Waals surface area contributed by atoms with Gasteiger partial charge in [0.05, 0.1) is 16.2 Å². The average Bonchev–Trinajstić information content (AvgIpc) is 3.38. The number of benzene rings is 1. The number of aryl methyl sites for hydroxylation is 2. The van der Waals surface area contributed by atoms with Crippen LogP contribution in [0.3, 0.4) is 0 Å². The number of halogens is 3. The molecule has 1 aromatic carbocycles. The summed E-state index contributed by atoms with van der Waals surface area (Å²) in [4.78, 5) is 0.547. The van der Waals surface area contributed by atoms with E-state index in [9.17, 15) is 21.6 Å². The van der Waals surface area contributed by atoms with Gasteiger partial charge in [-0.1, -0.05) is 12.1 Å². The van der Waals surface area contributed by atoms with Crippen LogP contribution in [0.4, 0.5) is 13.2 Å². The first-order valence-electron chi connectivity index (χ1n) is 9.07. The summed E-state index contributed by atoms with van der Waals surface area (Å²) in [7, 11) is -3.44. The molecule has 4 nitrogen and oxygen atoms in total. The molecule has 3 aromatic heterocycles. The lowest BCUT2D eigenvalue weighted by Gasteiger charge is -2.10. The predicted octanol–water partition coefficient (Wildman–Crippen LogP) is 6.37. The highest BCUT2D eigenvalue weighted by molar-refractivity contribution is 7.90. The second kappa shape index (κ2) is 7.61. The fourth-order valence-corrected chi connectivity index (χ4v) is 5.66. The standard InChI is InChI=1S/C21H17F3N2O2S3/c1-12-8-16(29-10-12)18-19(14-4-6-15(7-5-14)31(3,27)28)26(17-9-13(2)11-30-17)25-20(18)21(22,23)24/h4-11H,1-3H3. The van der Waals surface area contributed by atoms with Crippen molar-refractivity contribution in [3.05, 3.63) is 64.0 Å². The van der Waals surface area contributed by atoms with E-state index in [0.29, 0.717) is 15.4 Å². The lowest BCUT2D eigenvalue weighted by atomic mass is 10.0. The third kappa shape index (κ3) is 4.19. The Kier molecular flexibility index (Phi) is 5.35. The van der Waals surface area contributed by atoms with Gasteiger partial charge in [0.1, 0.15) is 5.00 Å². The Morgan fingerprint density at radius 2 is 1.58 bits per heavy atom. The van der Waals surface area contributed by atoms with Crippen LogP contribution in [0.25, 0.3) is 26.7 Å². The van der Waals surface area contributed by atoms with Crippen molar-refractivity contribution in [2.75, 3.05) is 6.26 Å². The van der Waals surface area contributed by atoms with Crippen LogP contribution in [-0.4, -0.2) is 24.5 Å². The lowest BCUT2D eigenvalue weighted by Crippen LogP contribution is -2.08. The van der Waals surface area contributed by atoms with Crippen molar-refractivity contribution >= 4 is 32.5 Å². The molecule has 0 bridgehead atoms. The Balaban J connectivity index is 2.06. The molecule has 31 heavy (non-hydrogen) atoms. The first-order valence-corrected chi connectivity index (χ1v) is 12.7. The number of aromatic nitrogens is 2. The highest BCUT2D eigenvalue weighted by Crippen LogP contribution is 2.45. The molecule has 10 heteroatoms. The van der Waals surface area contributed by atoms with Crippen molar-refractivity contribution < 1.29 is 21.6 Å². The molecular weight excluding hydrogens is 465 g/mol. The van der Waals surface area contributed by atoms with Crippen molar-refractivity contribution in [1.29, 1.82) is 0 Å². The van der Waals surface area contributed by atoms with E-state index >= 15 is 0 Å². The quantitative estimate of drug-likeness (QED) is 0.340. The maximum absolute atomic E-state index is 14.0. The number of hydrogen-bond acceptors (Lipinski definition) is 5. The number of rotatable bonds is 4. The van der Waals surface area contributed by atoms with E-state index in [1.807, 2.05) is 19.2 Å². The first kappa shape index (κ1) is 21.8. The van der Waals surface area contributed by atoms with Crippen molar-refractivity contribution in [1.82, 2.24) is 9.78 Å². The van der Waals surface area contributed by atoms with Gasteiger partial charge in [0, 0.05) is 16.7 Å². The molecule has 0 saturated carbocycles.